The lowest BCUT2D eigenvalue weighted by Crippen LogP contribution is -2.35. The summed E-state index contributed by atoms with van der Waals surface area (Å²) in [5.41, 5.74) is 0. The van der Waals surface area contributed by atoms with E-state index in [-0.39, 0.29) is 18.4 Å². The number of rotatable bonds is 3. The van der Waals surface area contributed by atoms with Gasteiger partial charge in [0.25, 0.3) is 0 Å². The molecule has 0 amide bonds. The average Bonchev–Trinajstić information content (AvgIpc) is 2.75. The Labute approximate surface area is 95.3 Å². The Balaban J connectivity index is 1.91. The lowest BCUT2D eigenvalue weighted by molar-refractivity contribution is -0.134. The van der Waals surface area contributed by atoms with Crippen LogP contribution >= 0.6 is 0 Å². The van der Waals surface area contributed by atoms with Crippen LogP contribution in [0.1, 0.15) is 24.2 Å². The zero-order valence-electron chi connectivity index (χ0n) is 8.96. The van der Waals surface area contributed by atoms with Crippen LogP contribution in [0.25, 0.3) is 0 Å². The predicted octanol–water partition coefficient (Wildman–Crippen LogP) is 1.23. The van der Waals surface area contributed by atoms with Crippen LogP contribution in [0.3, 0.4) is 0 Å². The Kier molecular flexibility index (Phi) is 3.63. The second-order valence-electron chi connectivity index (χ2n) is 3.74. The fourth-order valence-corrected chi connectivity index (χ4v) is 1.49. The molecule has 1 atom stereocenters. The molecular weight excluding hydrogens is 239 g/mol. The van der Waals surface area contributed by atoms with Crippen LogP contribution in [0, 0.1) is 0 Å². The minimum absolute atomic E-state index is 0.00435. The lowest BCUT2D eigenvalue weighted by atomic mass is 10.2. The van der Waals surface area contributed by atoms with Gasteiger partial charge in [0.1, 0.15) is 0 Å². The van der Waals surface area contributed by atoms with Crippen LogP contribution in [-0.4, -0.2) is 36.1 Å². The third-order valence-corrected chi connectivity index (χ3v) is 2.34. The standard InChI is InChI=1S/C9H12F3N3O2/c10-9(11,12)2-1-7-14-8(15-17-7)6-5-16-4-3-13-6/h6,13H,1-5H2. The topological polar surface area (TPSA) is 60.2 Å². The molecule has 2 rings (SSSR count). The zero-order chi connectivity index (χ0) is 12.3. The van der Waals surface area contributed by atoms with Gasteiger partial charge in [-0.25, -0.2) is 0 Å². The summed E-state index contributed by atoms with van der Waals surface area (Å²) in [4.78, 5) is 3.92. The molecule has 0 saturated carbocycles. The minimum atomic E-state index is -4.21. The van der Waals surface area contributed by atoms with Gasteiger partial charge in [0.15, 0.2) is 5.82 Å². The molecule has 0 aromatic carbocycles. The number of nitrogens with one attached hydrogen (secondary N) is 1. The van der Waals surface area contributed by atoms with Crippen molar-refractivity contribution in [2.24, 2.45) is 0 Å². The normalized spacial score (nSPS) is 21.7. The zero-order valence-corrected chi connectivity index (χ0v) is 8.96. The highest BCUT2D eigenvalue weighted by molar-refractivity contribution is 4.95. The van der Waals surface area contributed by atoms with Crippen LogP contribution in [0.5, 0.6) is 0 Å². The maximum absolute atomic E-state index is 12.0. The van der Waals surface area contributed by atoms with Crippen LogP contribution in [0.15, 0.2) is 4.52 Å². The van der Waals surface area contributed by atoms with E-state index >= 15 is 0 Å². The summed E-state index contributed by atoms with van der Waals surface area (Å²) in [6.45, 7) is 1.67. The first kappa shape index (κ1) is 12.3. The fraction of sp³-hybridized carbons (Fsp3) is 0.778. The van der Waals surface area contributed by atoms with Crippen molar-refractivity contribution >= 4 is 0 Å². The van der Waals surface area contributed by atoms with E-state index in [1.807, 2.05) is 0 Å². The van der Waals surface area contributed by atoms with Crippen LogP contribution in [0.4, 0.5) is 13.2 Å². The van der Waals surface area contributed by atoms with Gasteiger partial charge >= 0.3 is 6.18 Å². The molecule has 2 heterocycles. The van der Waals surface area contributed by atoms with E-state index in [0.717, 1.165) is 0 Å². The molecule has 1 N–H and O–H groups in total. The maximum Gasteiger partial charge on any atom is 0.389 e. The predicted molar refractivity (Wildman–Crippen MR) is 50.2 cm³/mol. The highest BCUT2D eigenvalue weighted by atomic mass is 19.4. The third-order valence-electron chi connectivity index (χ3n) is 2.34. The first-order chi connectivity index (χ1) is 8.04. The van der Waals surface area contributed by atoms with E-state index < -0.39 is 12.6 Å². The van der Waals surface area contributed by atoms with E-state index in [1.165, 1.54) is 0 Å². The summed E-state index contributed by atoms with van der Waals surface area (Å²) in [6.07, 6.45) is -5.45. The van der Waals surface area contributed by atoms with Crippen molar-refractivity contribution in [3.8, 4) is 0 Å². The number of aryl methyl sites for hydroxylation is 1. The number of hydrogen-bond acceptors (Lipinski definition) is 5. The summed E-state index contributed by atoms with van der Waals surface area (Å²) in [7, 11) is 0. The SMILES string of the molecule is FC(F)(F)CCc1nc(C2COCCN2)no1. The minimum Gasteiger partial charge on any atom is -0.378 e. The number of nitrogens with zero attached hydrogens (tertiary/aromatic N) is 2. The summed E-state index contributed by atoms with van der Waals surface area (Å²) in [6, 6.07) is -0.202. The Morgan fingerprint density at radius 3 is 2.88 bits per heavy atom. The molecule has 1 aliphatic heterocycles. The van der Waals surface area contributed by atoms with Crippen molar-refractivity contribution < 1.29 is 22.4 Å². The molecule has 0 radical (unpaired) electrons. The summed E-state index contributed by atoms with van der Waals surface area (Å²) in [5.74, 6) is 0.353. The van der Waals surface area contributed by atoms with Crippen LogP contribution in [0.2, 0.25) is 0 Å². The van der Waals surface area contributed by atoms with Crippen LogP contribution in [-0.2, 0) is 11.2 Å². The van der Waals surface area contributed by atoms with Crippen molar-refractivity contribution in [2.75, 3.05) is 19.8 Å². The largest absolute Gasteiger partial charge is 0.389 e. The van der Waals surface area contributed by atoms with E-state index in [2.05, 4.69) is 15.5 Å². The molecule has 8 heteroatoms. The van der Waals surface area contributed by atoms with Crippen molar-refractivity contribution in [1.29, 1.82) is 0 Å². The molecule has 0 bridgehead atoms. The van der Waals surface area contributed by atoms with Gasteiger partial charge in [-0.15, -0.1) is 0 Å². The first-order valence-electron chi connectivity index (χ1n) is 5.25. The van der Waals surface area contributed by atoms with E-state index in [1.54, 1.807) is 0 Å². The molecule has 0 aliphatic carbocycles. The molecule has 96 valence electrons. The Bertz CT molecular complexity index is 361. The Hall–Kier alpha value is -1.15. The van der Waals surface area contributed by atoms with Crippen molar-refractivity contribution in [3.05, 3.63) is 11.7 Å². The van der Waals surface area contributed by atoms with E-state index in [9.17, 15) is 13.2 Å². The number of hydrogen-bond donors (Lipinski definition) is 1. The smallest absolute Gasteiger partial charge is 0.378 e. The molecule has 1 aromatic rings. The van der Waals surface area contributed by atoms with Gasteiger partial charge in [-0.2, -0.15) is 18.2 Å². The number of halogens is 3. The molecule has 17 heavy (non-hydrogen) atoms. The quantitative estimate of drug-likeness (QED) is 0.875. The average molecular weight is 251 g/mol. The Morgan fingerprint density at radius 2 is 2.24 bits per heavy atom. The fourth-order valence-electron chi connectivity index (χ4n) is 1.49. The molecular formula is C9H12F3N3O2. The second-order valence-corrected chi connectivity index (χ2v) is 3.74. The van der Waals surface area contributed by atoms with Crippen LogP contribution < -0.4 is 5.32 Å². The second kappa shape index (κ2) is 5.01. The first-order valence-corrected chi connectivity index (χ1v) is 5.25. The van der Waals surface area contributed by atoms with Crippen molar-refractivity contribution in [2.45, 2.75) is 25.1 Å². The highest BCUT2D eigenvalue weighted by Crippen LogP contribution is 2.22. The third kappa shape index (κ3) is 3.67. The van der Waals surface area contributed by atoms with E-state index in [0.29, 0.717) is 25.6 Å². The molecule has 1 unspecified atom stereocenters. The number of ether oxygens (including phenoxy) is 1. The van der Waals surface area contributed by atoms with Crippen molar-refractivity contribution in [3.63, 3.8) is 0 Å². The number of morpholine rings is 1. The van der Waals surface area contributed by atoms with E-state index in [4.69, 9.17) is 9.26 Å². The number of alkyl halides is 3. The number of aromatic nitrogens is 2. The van der Waals surface area contributed by atoms with Gasteiger partial charge in [-0.05, 0) is 0 Å². The van der Waals surface area contributed by atoms with Gasteiger partial charge < -0.3 is 14.6 Å². The molecule has 1 saturated heterocycles. The van der Waals surface area contributed by atoms with Gasteiger partial charge in [-0.3, -0.25) is 0 Å². The summed E-state index contributed by atoms with van der Waals surface area (Å²) < 4.78 is 45.9. The summed E-state index contributed by atoms with van der Waals surface area (Å²) >= 11 is 0. The highest BCUT2D eigenvalue weighted by Gasteiger charge is 2.28. The molecule has 1 fully saturated rings. The van der Waals surface area contributed by atoms with Gasteiger partial charge in [0.2, 0.25) is 5.89 Å². The Morgan fingerprint density at radius 1 is 1.41 bits per heavy atom. The maximum atomic E-state index is 12.0. The molecule has 1 aliphatic rings. The molecule has 0 spiro atoms. The monoisotopic (exact) mass is 251 g/mol. The lowest BCUT2D eigenvalue weighted by Gasteiger charge is -2.20. The molecule has 5 nitrogen and oxygen atoms in total. The van der Waals surface area contributed by atoms with Gasteiger partial charge in [0, 0.05) is 13.0 Å². The van der Waals surface area contributed by atoms with Crippen molar-refractivity contribution in [1.82, 2.24) is 15.5 Å². The summed E-state index contributed by atoms with van der Waals surface area (Å²) in [5, 5.41) is 6.73. The van der Waals surface area contributed by atoms with Gasteiger partial charge in [0.05, 0.1) is 25.7 Å². The van der Waals surface area contributed by atoms with Gasteiger partial charge in [-0.1, -0.05) is 5.16 Å². The molecule has 1 aromatic heterocycles.